The average molecular weight is 195 g/mol. The summed E-state index contributed by atoms with van der Waals surface area (Å²) in [6, 6.07) is 0.882. The summed E-state index contributed by atoms with van der Waals surface area (Å²) in [6.07, 6.45) is 10.1. The van der Waals surface area contributed by atoms with E-state index in [0.29, 0.717) is 5.41 Å². The van der Waals surface area contributed by atoms with Gasteiger partial charge in [-0.3, -0.25) is 0 Å². The zero-order valence-electron chi connectivity index (χ0n) is 9.81. The lowest BCUT2D eigenvalue weighted by atomic mass is 9.62. The van der Waals surface area contributed by atoms with E-state index in [1.54, 1.807) is 0 Å². The quantitative estimate of drug-likeness (QED) is 0.685. The molecule has 0 spiro atoms. The number of hydrogen-bond acceptors (Lipinski definition) is 1. The first-order valence-corrected chi connectivity index (χ1v) is 6.54. The van der Waals surface area contributed by atoms with Gasteiger partial charge >= 0.3 is 0 Å². The van der Waals surface area contributed by atoms with Crippen molar-refractivity contribution in [3.05, 3.63) is 0 Å². The van der Waals surface area contributed by atoms with E-state index < -0.39 is 0 Å². The van der Waals surface area contributed by atoms with E-state index in [9.17, 15) is 0 Å². The second kappa shape index (κ2) is 4.22. The van der Waals surface area contributed by atoms with Gasteiger partial charge in [0, 0.05) is 12.6 Å². The summed E-state index contributed by atoms with van der Waals surface area (Å²) in [6.45, 7) is 6.06. The van der Waals surface area contributed by atoms with Crippen LogP contribution in [-0.2, 0) is 0 Å². The third-order valence-electron chi connectivity index (χ3n) is 4.70. The van der Waals surface area contributed by atoms with Crippen molar-refractivity contribution in [2.75, 3.05) is 6.54 Å². The van der Waals surface area contributed by atoms with Gasteiger partial charge in [0.05, 0.1) is 0 Å². The van der Waals surface area contributed by atoms with Crippen molar-refractivity contribution in [1.29, 1.82) is 0 Å². The molecule has 0 radical (unpaired) electrons. The van der Waals surface area contributed by atoms with Crippen molar-refractivity contribution >= 4 is 0 Å². The van der Waals surface area contributed by atoms with Crippen LogP contribution in [0.15, 0.2) is 0 Å². The molecule has 2 aliphatic carbocycles. The van der Waals surface area contributed by atoms with Crippen LogP contribution in [0.25, 0.3) is 0 Å². The van der Waals surface area contributed by atoms with Gasteiger partial charge in [0.2, 0.25) is 0 Å². The van der Waals surface area contributed by atoms with Crippen LogP contribution in [0.2, 0.25) is 0 Å². The predicted molar refractivity (Wildman–Crippen MR) is 61.4 cm³/mol. The molecule has 1 heteroatoms. The number of nitrogens with one attached hydrogen (secondary N) is 1. The fourth-order valence-electron chi connectivity index (χ4n) is 2.88. The number of hydrogen-bond donors (Lipinski definition) is 1. The van der Waals surface area contributed by atoms with Crippen LogP contribution in [0.3, 0.4) is 0 Å². The Labute approximate surface area is 88.7 Å². The summed E-state index contributed by atoms with van der Waals surface area (Å²) in [5.74, 6) is 1.03. The monoisotopic (exact) mass is 195 g/mol. The maximum Gasteiger partial charge on any atom is 0.00684 e. The van der Waals surface area contributed by atoms with Crippen LogP contribution >= 0.6 is 0 Å². The van der Waals surface area contributed by atoms with Gasteiger partial charge in [-0.15, -0.1) is 0 Å². The van der Waals surface area contributed by atoms with Gasteiger partial charge in [-0.1, -0.05) is 20.3 Å². The summed E-state index contributed by atoms with van der Waals surface area (Å²) >= 11 is 0. The highest BCUT2D eigenvalue weighted by atomic mass is 15.0. The minimum absolute atomic E-state index is 0.640. The van der Waals surface area contributed by atoms with Gasteiger partial charge in [0.15, 0.2) is 0 Å². The highest BCUT2D eigenvalue weighted by Gasteiger charge is 2.39. The highest BCUT2D eigenvalue weighted by molar-refractivity contribution is 4.93. The third kappa shape index (κ3) is 1.98. The Hall–Kier alpha value is -0.0400. The number of rotatable bonds is 6. The van der Waals surface area contributed by atoms with Gasteiger partial charge in [0.25, 0.3) is 0 Å². The first kappa shape index (κ1) is 10.5. The second-order valence-corrected chi connectivity index (χ2v) is 5.35. The molecular formula is C13H25N. The molecule has 2 fully saturated rings. The van der Waals surface area contributed by atoms with Gasteiger partial charge in [-0.25, -0.2) is 0 Å². The van der Waals surface area contributed by atoms with Gasteiger partial charge in [-0.05, 0) is 49.9 Å². The molecule has 0 heterocycles. The average Bonchev–Trinajstić information content (AvgIpc) is 2.92. The van der Waals surface area contributed by atoms with Crippen molar-refractivity contribution in [1.82, 2.24) is 5.32 Å². The lowest BCUT2D eigenvalue weighted by Gasteiger charge is -2.45. The van der Waals surface area contributed by atoms with Crippen molar-refractivity contribution in [2.45, 2.75) is 64.8 Å². The summed E-state index contributed by atoms with van der Waals surface area (Å²) in [5, 5.41) is 3.75. The summed E-state index contributed by atoms with van der Waals surface area (Å²) in [7, 11) is 0. The zero-order valence-corrected chi connectivity index (χ0v) is 9.81. The predicted octanol–water partition coefficient (Wildman–Crippen LogP) is 3.34. The molecule has 0 amide bonds. The third-order valence-corrected chi connectivity index (χ3v) is 4.70. The van der Waals surface area contributed by atoms with E-state index in [1.165, 1.54) is 51.5 Å². The van der Waals surface area contributed by atoms with Crippen LogP contribution in [-0.4, -0.2) is 12.6 Å². The Morgan fingerprint density at radius 1 is 1.07 bits per heavy atom. The summed E-state index contributed by atoms with van der Waals surface area (Å²) < 4.78 is 0. The molecule has 0 unspecified atom stereocenters. The SMILES string of the molecule is CCC(CC)(CNC1CC1)C1CCC1. The van der Waals surface area contributed by atoms with E-state index in [0.717, 1.165) is 12.0 Å². The van der Waals surface area contributed by atoms with E-state index in [2.05, 4.69) is 19.2 Å². The Balaban J connectivity index is 1.87. The van der Waals surface area contributed by atoms with Crippen molar-refractivity contribution in [3.63, 3.8) is 0 Å². The topological polar surface area (TPSA) is 12.0 Å². The molecule has 14 heavy (non-hydrogen) atoms. The molecule has 0 saturated heterocycles. The van der Waals surface area contributed by atoms with Crippen molar-refractivity contribution < 1.29 is 0 Å². The van der Waals surface area contributed by atoms with Crippen LogP contribution in [0, 0.1) is 11.3 Å². The molecule has 2 saturated carbocycles. The molecule has 2 rings (SSSR count). The van der Waals surface area contributed by atoms with Crippen LogP contribution in [0.1, 0.15) is 58.8 Å². The highest BCUT2D eigenvalue weighted by Crippen LogP contribution is 2.46. The molecule has 2 aliphatic rings. The summed E-state index contributed by atoms with van der Waals surface area (Å²) in [5.41, 5.74) is 0.640. The summed E-state index contributed by atoms with van der Waals surface area (Å²) in [4.78, 5) is 0. The molecule has 0 aromatic heterocycles. The second-order valence-electron chi connectivity index (χ2n) is 5.35. The van der Waals surface area contributed by atoms with E-state index in [4.69, 9.17) is 0 Å². The first-order valence-electron chi connectivity index (χ1n) is 6.54. The zero-order chi connectivity index (χ0) is 10.0. The maximum absolute atomic E-state index is 3.75. The lowest BCUT2D eigenvalue weighted by Crippen LogP contribution is -2.43. The smallest absolute Gasteiger partial charge is 0.00684 e. The van der Waals surface area contributed by atoms with Gasteiger partial charge < -0.3 is 5.32 Å². The van der Waals surface area contributed by atoms with E-state index in [1.807, 2.05) is 0 Å². The van der Waals surface area contributed by atoms with Crippen LogP contribution in [0.4, 0.5) is 0 Å². The molecular weight excluding hydrogens is 170 g/mol. The normalized spacial score (nSPS) is 23.6. The van der Waals surface area contributed by atoms with Gasteiger partial charge in [0.1, 0.15) is 0 Å². The molecule has 0 aromatic carbocycles. The van der Waals surface area contributed by atoms with Crippen LogP contribution in [0.5, 0.6) is 0 Å². The molecule has 0 aliphatic heterocycles. The standard InChI is InChI=1S/C13H25N/c1-3-13(4-2,11-6-5-7-11)10-14-12-8-9-12/h11-12,14H,3-10H2,1-2H3. The Morgan fingerprint density at radius 3 is 2.07 bits per heavy atom. The lowest BCUT2D eigenvalue weighted by molar-refractivity contribution is 0.0709. The largest absolute Gasteiger partial charge is 0.313 e. The van der Waals surface area contributed by atoms with Gasteiger partial charge in [-0.2, -0.15) is 0 Å². The maximum atomic E-state index is 3.75. The fourth-order valence-corrected chi connectivity index (χ4v) is 2.88. The van der Waals surface area contributed by atoms with Crippen molar-refractivity contribution in [2.24, 2.45) is 11.3 Å². The van der Waals surface area contributed by atoms with E-state index in [-0.39, 0.29) is 0 Å². The molecule has 0 bridgehead atoms. The minimum atomic E-state index is 0.640. The van der Waals surface area contributed by atoms with E-state index >= 15 is 0 Å². The Morgan fingerprint density at radius 2 is 1.71 bits per heavy atom. The fraction of sp³-hybridized carbons (Fsp3) is 1.00. The molecule has 82 valence electrons. The Kier molecular flexibility index (Phi) is 3.16. The molecule has 1 N–H and O–H groups in total. The molecule has 0 atom stereocenters. The minimum Gasteiger partial charge on any atom is -0.313 e. The first-order chi connectivity index (χ1) is 6.80. The van der Waals surface area contributed by atoms with Crippen molar-refractivity contribution in [3.8, 4) is 0 Å². The van der Waals surface area contributed by atoms with Crippen LogP contribution < -0.4 is 5.32 Å². The Bertz CT molecular complexity index is 176. The molecule has 0 aromatic rings. The molecule has 1 nitrogen and oxygen atoms in total.